The number of rotatable bonds is 3. The van der Waals surface area contributed by atoms with Gasteiger partial charge in [-0.2, -0.15) is 8.78 Å². The van der Waals surface area contributed by atoms with E-state index in [1.54, 1.807) is 0 Å². The van der Waals surface area contributed by atoms with Crippen LogP contribution in [0.5, 0.6) is 5.75 Å². The van der Waals surface area contributed by atoms with E-state index < -0.39 is 12.6 Å². The van der Waals surface area contributed by atoms with E-state index >= 15 is 0 Å². The van der Waals surface area contributed by atoms with E-state index in [-0.39, 0.29) is 21.9 Å². The highest BCUT2D eigenvalue weighted by Crippen LogP contribution is 2.28. The lowest BCUT2D eigenvalue weighted by Gasteiger charge is -2.10. The van der Waals surface area contributed by atoms with Crippen LogP contribution in [0.4, 0.5) is 8.78 Å². The first-order valence-corrected chi connectivity index (χ1v) is 4.28. The summed E-state index contributed by atoms with van der Waals surface area (Å²) in [4.78, 5) is 10.7. The Morgan fingerprint density at radius 3 is 2.60 bits per heavy atom. The number of halogens is 3. The number of hydrogen-bond acceptors (Lipinski definition) is 2. The van der Waals surface area contributed by atoms with Crippen molar-refractivity contribution in [3.63, 3.8) is 0 Å². The van der Waals surface area contributed by atoms with E-state index in [1.165, 1.54) is 13.0 Å². The molecule has 0 heterocycles. The molecule has 0 unspecified atom stereocenters. The number of carboxylic acids is 1. The van der Waals surface area contributed by atoms with Crippen LogP contribution < -0.4 is 4.74 Å². The van der Waals surface area contributed by atoms with Crippen molar-refractivity contribution in [1.82, 2.24) is 0 Å². The van der Waals surface area contributed by atoms with Gasteiger partial charge < -0.3 is 9.84 Å². The third-order valence-corrected chi connectivity index (χ3v) is 1.99. The van der Waals surface area contributed by atoms with E-state index in [0.717, 1.165) is 6.07 Å². The van der Waals surface area contributed by atoms with Crippen LogP contribution in [0.3, 0.4) is 0 Å². The maximum atomic E-state index is 12.0. The molecule has 0 fully saturated rings. The second-order valence-electron chi connectivity index (χ2n) is 2.76. The molecule has 15 heavy (non-hydrogen) atoms. The van der Waals surface area contributed by atoms with Crippen molar-refractivity contribution in [1.29, 1.82) is 0 Å². The summed E-state index contributed by atoms with van der Waals surface area (Å²) in [6.45, 7) is -1.64. The zero-order chi connectivity index (χ0) is 11.6. The van der Waals surface area contributed by atoms with Gasteiger partial charge in [0.1, 0.15) is 5.75 Å². The van der Waals surface area contributed by atoms with Gasteiger partial charge in [-0.1, -0.05) is 11.6 Å². The predicted molar refractivity (Wildman–Crippen MR) is 49.8 cm³/mol. The second-order valence-corrected chi connectivity index (χ2v) is 3.20. The average Bonchev–Trinajstić information content (AvgIpc) is 2.09. The molecule has 1 rings (SSSR count). The molecule has 1 aromatic carbocycles. The number of alkyl halides is 2. The molecular formula is C9H7ClF2O3. The third kappa shape index (κ3) is 2.79. The molecule has 0 aromatic heterocycles. The van der Waals surface area contributed by atoms with Crippen molar-refractivity contribution < 1.29 is 23.4 Å². The van der Waals surface area contributed by atoms with Crippen molar-refractivity contribution in [2.75, 3.05) is 0 Å². The van der Waals surface area contributed by atoms with Crippen molar-refractivity contribution in [2.45, 2.75) is 13.5 Å². The van der Waals surface area contributed by atoms with Gasteiger partial charge in [0.15, 0.2) is 0 Å². The maximum absolute atomic E-state index is 12.0. The minimum Gasteiger partial charge on any atom is -0.478 e. The van der Waals surface area contributed by atoms with E-state index in [4.69, 9.17) is 16.7 Å². The summed E-state index contributed by atoms with van der Waals surface area (Å²) < 4.78 is 28.0. The quantitative estimate of drug-likeness (QED) is 0.878. The van der Waals surface area contributed by atoms with Crippen LogP contribution in [0, 0.1) is 6.92 Å². The smallest absolute Gasteiger partial charge is 0.387 e. The van der Waals surface area contributed by atoms with E-state index in [0.29, 0.717) is 0 Å². The standard InChI is InChI=1S/C9H7ClF2O3/c1-4-6(8(13)14)2-5(10)3-7(4)15-9(11)12/h2-3,9H,1H3,(H,13,14). The van der Waals surface area contributed by atoms with E-state index in [9.17, 15) is 13.6 Å². The molecule has 1 N–H and O–H groups in total. The Kier molecular flexibility index (Phi) is 3.47. The fourth-order valence-electron chi connectivity index (χ4n) is 1.09. The average molecular weight is 237 g/mol. The van der Waals surface area contributed by atoms with Crippen LogP contribution in [0.25, 0.3) is 0 Å². The number of aromatic carboxylic acids is 1. The van der Waals surface area contributed by atoms with E-state index in [2.05, 4.69) is 4.74 Å². The van der Waals surface area contributed by atoms with Crippen LogP contribution in [0.1, 0.15) is 15.9 Å². The van der Waals surface area contributed by atoms with Gasteiger partial charge in [0.05, 0.1) is 5.56 Å². The highest BCUT2D eigenvalue weighted by Gasteiger charge is 2.15. The van der Waals surface area contributed by atoms with Crippen LogP contribution in [-0.4, -0.2) is 17.7 Å². The first-order chi connectivity index (χ1) is 6.91. The zero-order valence-electron chi connectivity index (χ0n) is 7.63. The Labute approximate surface area is 89.2 Å². The fourth-order valence-corrected chi connectivity index (χ4v) is 1.30. The minimum absolute atomic E-state index is 0.0358. The lowest BCUT2D eigenvalue weighted by molar-refractivity contribution is -0.0503. The fraction of sp³-hybridized carbons (Fsp3) is 0.222. The zero-order valence-corrected chi connectivity index (χ0v) is 8.39. The normalized spacial score (nSPS) is 10.5. The molecule has 6 heteroatoms. The van der Waals surface area contributed by atoms with Crippen LogP contribution in [0.2, 0.25) is 5.02 Å². The van der Waals surface area contributed by atoms with Gasteiger partial charge >= 0.3 is 12.6 Å². The van der Waals surface area contributed by atoms with Gasteiger partial charge in [-0.05, 0) is 19.1 Å². The molecular weight excluding hydrogens is 230 g/mol. The lowest BCUT2D eigenvalue weighted by Crippen LogP contribution is -2.07. The highest BCUT2D eigenvalue weighted by atomic mass is 35.5. The summed E-state index contributed by atoms with van der Waals surface area (Å²) in [6.07, 6.45) is 0. The Bertz CT molecular complexity index is 393. The summed E-state index contributed by atoms with van der Waals surface area (Å²) in [5, 5.41) is 8.78. The molecule has 0 saturated heterocycles. The van der Waals surface area contributed by atoms with E-state index in [1.807, 2.05) is 0 Å². The number of hydrogen-bond donors (Lipinski definition) is 1. The second kappa shape index (κ2) is 4.44. The number of carboxylic acid groups (broad SMARTS) is 1. The molecule has 0 spiro atoms. The molecule has 0 aliphatic rings. The SMILES string of the molecule is Cc1c(OC(F)F)cc(Cl)cc1C(=O)O. The van der Waals surface area contributed by atoms with Crippen molar-refractivity contribution in [3.8, 4) is 5.75 Å². The monoisotopic (exact) mass is 236 g/mol. The van der Waals surface area contributed by atoms with Gasteiger partial charge in [-0.3, -0.25) is 0 Å². The molecule has 1 aromatic rings. The van der Waals surface area contributed by atoms with Crippen molar-refractivity contribution in [3.05, 3.63) is 28.3 Å². The molecule has 0 atom stereocenters. The Hall–Kier alpha value is -1.36. The molecule has 0 saturated carbocycles. The first-order valence-electron chi connectivity index (χ1n) is 3.90. The van der Waals surface area contributed by atoms with Gasteiger partial charge in [-0.15, -0.1) is 0 Å². The Morgan fingerprint density at radius 1 is 1.53 bits per heavy atom. The molecule has 82 valence electrons. The van der Waals surface area contributed by atoms with Crippen LogP contribution in [0.15, 0.2) is 12.1 Å². The Balaban J connectivity index is 3.22. The summed E-state index contributed by atoms with van der Waals surface area (Å²) in [5.41, 5.74) is -0.0367. The predicted octanol–water partition coefficient (Wildman–Crippen LogP) is 2.95. The van der Waals surface area contributed by atoms with Crippen molar-refractivity contribution >= 4 is 17.6 Å². The number of ether oxygens (including phenoxy) is 1. The number of benzene rings is 1. The van der Waals surface area contributed by atoms with Crippen LogP contribution >= 0.6 is 11.6 Å². The number of carbonyl (C=O) groups is 1. The Morgan fingerprint density at radius 2 is 2.13 bits per heavy atom. The molecule has 0 aliphatic carbocycles. The topological polar surface area (TPSA) is 46.5 Å². The summed E-state index contributed by atoms with van der Waals surface area (Å²) >= 11 is 5.56. The largest absolute Gasteiger partial charge is 0.478 e. The van der Waals surface area contributed by atoms with Gasteiger partial charge in [0, 0.05) is 10.6 Å². The summed E-state index contributed by atoms with van der Waals surface area (Å²) in [7, 11) is 0. The molecule has 0 amide bonds. The lowest BCUT2D eigenvalue weighted by atomic mass is 10.1. The molecule has 0 radical (unpaired) electrons. The summed E-state index contributed by atoms with van der Waals surface area (Å²) in [6, 6.07) is 2.33. The van der Waals surface area contributed by atoms with Gasteiger partial charge in [0.2, 0.25) is 0 Å². The molecule has 0 aliphatic heterocycles. The van der Waals surface area contributed by atoms with Crippen LogP contribution in [-0.2, 0) is 0 Å². The summed E-state index contributed by atoms with van der Waals surface area (Å²) in [5.74, 6) is -1.47. The highest BCUT2D eigenvalue weighted by molar-refractivity contribution is 6.31. The minimum atomic E-state index is -3.01. The third-order valence-electron chi connectivity index (χ3n) is 1.77. The van der Waals surface area contributed by atoms with Gasteiger partial charge in [-0.25, -0.2) is 4.79 Å². The van der Waals surface area contributed by atoms with Crippen molar-refractivity contribution in [2.24, 2.45) is 0 Å². The maximum Gasteiger partial charge on any atom is 0.387 e. The molecule has 0 bridgehead atoms. The molecule has 3 nitrogen and oxygen atoms in total. The van der Waals surface area contributed by atoms with Gasteiger partial charge in [0.25, 0.3) is 0 Å². The first kappa shape index (κ1) is 11.7.